The Balaban J connectivity index is 1.77. The van der Waals surface area contributed by atoms with E-state index >= 15 is 0 Å². The Bertz CT molecular complexity index is 797. The van der Waals surface area contributed by atoms with Gasteiger partial charge in [0.25, 0.3) is 5.91 Å². The molecule has 142 valence electrons. The minimum Gasteiger partial charge on any atom is -0.360 e. The minimum absolute atomic E-state index is 0.128. The molecular weight excluding hydrogens is 328 g/mol. The van der Waals surface area contributed by atoms with E-state index in [1.54, 1.807) is 0 Å². The number of carbonyl (C=O) groups excluding carboxylic acids is 1. The van der Waals surface area contributed by atoms with Crippen molar-refractivity contribution in [2.75, 3.05) is 0 Å². The SMILES string of the molecule is CCn1cc([C@@H](C)NC(=O)c2noc3c2C[C@H](C(C)(C)C)CC3)c(C)n1. The van der Waals surface area contributed by atoms with Gasteiger partial charge in [0, 0.05) is 30.3 Å². The normalized spacial score (nSPS) is 18.5. The molecule has 0 unspecified atom stereocenters. The van der Waals surface area contributed by atoms with E-state index in [0.717, 1.165) is 48.4 Å². The van der Waals surface area contributed by atoms with Gasteiger partial charge in [-0.05, 0) is 44.9 Å². The summed E-state index contributed by atoms with van der Waals surface area (Å²) in [6.45, 7) is 13.6. The molecule has 0 bridgehead atoms. The Hall–Kier alpha value is -2.11. The van der Waals surface area contributed by atoms with Crippen molar-refractivity contribution < 1.29 is 9.32 Å². The highest BCUT2D eigenvalue weighted by molar-refractivity contribution is 5.94. The molecule has 2 aromatic rings. The average Bonchev–Trinajstić information content (AvgIpc) is 3.16. The van der Waals surface area contributed by atoms with Crippen molar-refractivity contribution >= 4 is 5.91 Å². The van der Waals surface area contributed by atoms with E-state index in [1.165, 1.54) is 0 Å². The Morgan fingerprint density at radius 2 is 2.19 bits per heavy atom. The maximum atomic E-state index is 12.8. The second-order valence-corrected chi connectivity index (χ2v) is 8.46. The first kappa shape index (κ1) is 18.7. The van der Waals surface area contributed by atoms with Crippen LogP contribution in [0.2, 0.25) is 0 Å². The summed E-state index contributed by atoms with van der Waals surface area (Å²) in [5.41, 5.74) is 3.62. The average molecular weight is 358 g/mol. The summed E-state index contributed by atoms with van der Waals surface area (Å²) in [6.07, 6.45) is 4.79. The van der Waals surface area contributed by atoms with Gasteiger partial charge >= 0.3 is 0 Å². The zero-order chi connectivity index (χ0) is 19.1. The number of amides is 1. The highest BCUT2D eigenvalue weighted by Crippen LogP contribution is 2.38. The summed E-state index contributed by atoms with van der Waals surface area (Å²) < 4.78 is 7.36. The summed E-state index contributed by atoms with van der Waals surface area (Å²) in [7, 11) is 0. The molecule has 0 aromatic carbocycles. The van der Waals surface area contributed by atoms with Crippen LogP contribution in [0.25, 0.3) is 0 Å². The topological polar surface area (TPSA) is 73.0 Å². The van der Waals surface area contributed by atoms with Crippen LogP contribution in [0.5, 0.6) is 0 Å². The first-order chi connectivity index (χ1) is 12.2. The highest BCUT2D eigenvalue weighted by atomic mass is 16.5. The maximum absolute atomic E-state index is 12.8. The number of carbonyl (C=O) groups is 1. The Morgan fingerprint density at radius 1 is 1.46 bits per heavy atom. The standard InChI is InChI=1S/C20H30N4O2/c1-7-24-11-16(13(3)22-24)12(2)21-19(25)18-15-10-14(20(4,5)6)8-9-17(15)26-23-18/h11-12,14H,7-10H2,1-6H3,(H,21,25)/t12-,14-/m1/s1. The molecular formula is C20H30N4O2. The van der Waals surface area contributed by atoms with Crippen LogP contribution in [-0.2, 0) is 19.4 Å². The highest BCUT2D eigenvalue weighted by Gasteiger charge is 2.34. The number of aromatic nitrogens is 3. The first-order valence-electron chi connectivity index (χ1n) is 9.53. The number of hydrogen-bond acceptors (Lipinski definition) is 4. The Kier molecular flexibility index (Phi) is 4.95. The van der Waals surface area contributed by atoms with Gasteiger partial charge < -0.3 is 9.84 Å². The summed E-state index contributed by atoms with van der Waals surface area (Å²) in [5, 5.41) is 11.6. The predicted octanol–water partition coefficient (Wildman–Crippen LogP) is 3.84. The smallest absolute Gasteiger partial charge is 0.274 e. The monoisotopic (exact) mass is 358 g/mol. The molecule has 6 nitrogen and oxygen atoms in total. The van der Waals surface area contributed by atoms with Gasteiger partial charge in [0.1, 0.15) is 5.76 Å². The van der Waals surface area contributed by atoms with Crippen LogP contribution in [0.4, 0.5) is 0 Å². The molecule has 0 spiro atoms. The molecule has 0 aliphatic heterocycles. The molecule has 1 aliphatic carbocycles. The second kappa shape index (κ2) is 6.89. The van der Waals surface area contributed by atoms with Gasteiger partial charge in [-0.2, -0.15) is 5.10 Å². The van der Waals surface area contributed by atoms with Crippen molar-refractivity contribution in [3.8, 4) is 0 Å². The lowest BCUT2D eigenvalue weighted by atomic mass is 9.71. The molecule has 1 aliphatic rings. The lowest BCUT2D eigenvalue weighted by Crippen LogP contribution is -2.30. The molecule has 2 atom stereocenters. The van der Waals surface area contributed by atoms with Gasteiger partial charge in [-0.3, -0.25) is 9.48 Å². The summed E-state index contributed by atoms with van der Waals surface area (Å²) >= 11 is 0. The van der Waals surface area contributed by atoms with Gasteiger partial charge in [0.2, 0.25) is 0 Å². The Morgan fingerprint density at radius 3 is 2.81 bits per heavy atom. The van der Waals surface area contributed by atoms with Gasteiger partial charge in [-0.25, -0.2) is 0 Å². The van der Waals surface area contributed by atoms with E-state index in [0.29, 0.717) is 11.6 Å². The van der Waals surface area contributed by atoms with Crippen LogP contribution >= 0.6 is 0 Å². The molecule has 0 fully saturated rings. The molecule has 0 radical (unpaired) electrons. The van der Waals surface area contributed by atoms with Crippen molar-refractivity contribution in [2.24, 2.45) is 11.3 Å². The van der Waals surface area contributed by atoms with E-state index < -0.39 is 0 Å². The number of fused-ring (bicyclic) bond motifs is 1. The first-order valence-corrected chi connectivity index (χ1v) is 9.53. The largest absolute Gasteiger partial charge is 0.360 e. The quantitative estimate of drug-likeness (QED) is 0.901. The van der Waals surface area contributed by atoms with E-state index in [9.17, 15) is 4.79 Å². The van der Waals surface area contributed by atoms with E-state index in [2.05, 4.69) is 36.3 Å². The molecule has 26 heavy (non-hydrogen) atoms. The van der Waals surface area contributed by atoms with Crippen LogP contribution in [0.3, 0.4) is 0 Å². The van der Waals surface area contributed by atoms with Crippen molar-refractivity contribution in [2.45, 2.75) is 73.4 Å². The third kappa shape index (κ3) is 3.55. The molecule has 2 heterocycles. The fourth-order valence-electron chi connectivity index (χ4n) is 3.78. The van der Waals surface area contributed by atoms with E-state index in [4.69, 9.17) is 4.52 Å². The lowest BCUT2D eigenvalue weighted by Gasteiger charge is -2.33. The molecule has 6 heteroatoms. The van der Waals surface area contributed by atoms with Crippen LogP contribution in [-0.4, -0.2) is 20.8 Å². The van der Waals surface area contributed by atoms with Gasteiger partial charge in [-0.15, -0.1) is 0 Å². The zero-order valence-electron chi connectivity index (χ0n) is 16.7. The number of hydrogen-bond donors (Lipinski definition) is 1. The summed E-state index contributed by atoms with van der Waals surface area (Å²) in [5.74, 6) is 1.24. The minimum atomic E-state index is -0.166. The van der Waals surface area contributed by atoms with Crippen LogP contribution in [0, 0.1) is 18.3 Å². The fourth-order valence-corrected chi connectivity index (χ4v) is 3.78. The van der Waals surface area contributed by atoms with Gasteiger partial charge in [0.05, 0.1) is 11.7 Å². The van der Waals surface area contributed by atoms with Crippen molar-refractivity contribution in [3.63, 3.8) is 0 Å². The Labute approximate surface area is 155 Å². The van der Waals surface area contributed by atoms with Crippen molar-refractivity contribution in [3.05, 3.63) is 34.5 Å². The fraction of sp³-hybridized carbons (Fsp3) is 0.650. The van der Waals surface area contributed by atoms with Crippen LogP contribution in [0.15, 0.2) is 10.7 Å². The summed E-state index contributed by atoms with van der Waals surface area (Å²) in [4.78, 5) is 12.8. The number of nitrogens with zero attached hydrogens (tertiary/aromatic N) is 3. The van der Waals surface area contributed by atoms with E-state index in [1.807, 2.05) is 31.6 Å². The number of aryl methyl sites for hydroxylation is 3. The van der Waals surface area contributed by atoms with E-state index in [-0.39, 0.29) is 17.4 Å². The maximum Gasteiger partial charge on any atom is 0.274 e. The van der Waals surface area contributed by atoms with Crippen molar-refractivity contribution in [1.82, 2.24) is 20.3 Å². The third-order valence-corrected chi connectivity index (χ3v) is 5.60. The van der Waals surface area contributed by atoms with Gasteiger partial charge in [0.15, 0.2) is 5.69 Å². The van der Waals surface area contributed by atoms with Crippen LogP contribution < -0.4 is 5.32 Å². The lowest BCUT2D eigenvalue weighted by molar-refractivity contribution is 0.0929. The molecule has 3 rings (SSSR count). The second-order valence-electron chi connectivity index (χ2n) is 8.46. The molecule has 2 aromatic heterocycles. The van der Waals surface area contributed by atoms with Crippen LogP contribution in [0.1, 0.15) is 80.2 Å². The zero-order valence-corrected chi connectivity index (χ0v) is 16.7. The van der Waals surface area contributed by atoms with Crippen molar-refractivity contribution in [1.29, 1.82) is 0 Å². The summed E-state index contributed by atoms with van der Waals surface area (Å²) in [6, 6.07) is -0.128. The predicted molar refractivity (Wildman–Crippen MR) is 100.0 cm³/mol. The molecule has 0 saturated carbocycles. The molecule has 0 saturated heterocycles. The molecule has 1 amide bonds. The number of rotatable bonds is 4. The molecule has 1 N–H and O–H groups in total. The van der Waals surface area contributed by atoms with Gasteiger partial charge in [-0.1, -0.05) is 25.9 Å². The third-order valence-electron chi connectivity index (χ3n) is 5.60. The number of nitrogens with one attached hydrogen (secondary N) is 1.